The third-order valence-corrected chi connectivity index (χ3v) is 2.51. The fourth-order valence-corrected chi connectivity index (χ4v) is 1.57. The maximum Gasteiger partial charge on any atom is 0.255 e. The Morgan fingerprint density at radius 1 is 1.37 bits per heavy atom. The molecule has 0 saturated carbocycles. The van der Waals surface area contributed by atoms with Crippen LogP contribution >= 0.6 is 0 Å². The Labute approximate surface area is 111 Å². The van der Waals surface area contributed by atoms with Crippen molar-refractivity contribution in [2.75, 3.05) is 11.9 Å². The Kier molecular flexibility index (Phi) is 4.49. The number of hydrogen-bond donors (Lipinski definition) is 2. The molecular weight excluding hydrogens is 244 g/mol. The molecule has 0 aliphatic heterocycles. The Balaban J connectivity index is 2.01. The number of aromatic nitrogens is 2. The number of carbonyl (C=O) groups excluding carboxylic acids is 1. The minimum atomic E-state index is -0.192. The summed E-state index contributed by atoms with van der Waals surface area (Å²) >= 11 is 0. The Morgan fingerprint density at radius 3 is 3.00 bits per heavy atom. The maximum absolute atomic E-state index is 12.1. The summed E-state index contributed by atoms with van der Waals surface area (Å²) in [5.41, 5.74) is 0.524. The van der Waals surface area contributed by atoms with E-state index in [1.807, 2.05) is 0 Å². The van der Waals surface area contributed by atoms with E-state index in [0.717, 1.165) is 13.0 Å². The molecule has 0 radical (unpaired) electrons. The number of carbonyl (C=O) groups is 1. The van der Waals surface area contributed by atoms with Crippen LogP contribution in [0.4, 0.5) is 5.82 Å². The fraction of sp³-hybridized carbons (Fsp3) is 0.308. The Morgan fingerprint density at radius 2 is 2.26 bits per heavy atom. The van der Waals surface area contributed by atoms with E-state index in [1.54, 1.807) is 30.6 Å². The molecule has 6 nitrogen and oxygen atoms in total. The van der Waals surface area contributed by atoms with E-state index >= 15 is 0 Å². The zero-order chi connectivity index (χ0) is 13.5. The van der Waals surface area contributed by atoms with Crippen LogP contribution in [0.1, 0.15) is 29.5 Å². The second-order valence-electron chi connectivity index (χ2n) is 3.99. The summed E-state index contributed by atoms with van der Waals surface area (Å²) < 4.78 is 4.92. The third kappa shape index (κ3) is 3.54. The van der Waals surface area contributed by atoms with Crippen molar-refractivity contribution in [1.29, 1.82) is 0 Å². The third-order valence-electron chi connectivity index (χ3n) is 2.51. The van der Waals surface area contributed by atoms with Gasteiger partial charge in [-0.25, -0.2) is 4.98 Å². The molecule has 0 bridgehead atoms. The van der Waals surface area contributed by atoms with E-state index in [0.29, 0.717) is 23.7 Å². The lowest BCUT2D eigenvalue weighted by molar-refractivity contribution is 0.0947. The Bertz CT molecular complexity index is 525. The van der Waals surface area contributed by atoms with E-state index in [1.165, 1.54) is 0 Å². The van der Waals surface area contributed by atoms with Crippen LogP contribution in [0.5, 0.6) is 0 Å². The van der Waals surface area contributed by atoms with Crippen LogP contribution in [0.2, 0.25) is 0 Å². The molecule has 0 atom stereocenters. The first-order chi connectivity index (χ1) is 9.31. The average Bonchev–Trinajstić information content (AvgIpc) is 2.96. The van der Waals surface area contributed by atoms with E-state index in [2.05, 4.69) is 27.7 Å². The first-order valence-electron chi connectivity index (χ1n) is 6.18. The van der Waals surface area contributed by atoms with Crippen molar-refractivity contribution in [1.82, 2.24) is 15.5 Å². The van der Waals surface area contributed by atoms with Crippen LogP contribution in [0.25, 0.3) is 0 Å². The van der Waals surface area contributed by atoms with Crippen molar-refractivity contribution in [2.24, 2.45) is 0 Å². The maximum atomic E-state index is 12.1. The lowest BCUT2D eigenvalue weighted by Gasteiger charge is -2.09. The van der Waals surface area contributed by atoms with Gasteiger partial charge in [0.1, 0.15) is 5.82 Å². The quantitative estimate of drug-likeness (QED) is 0.828. The molecule has 2 rings (SSSR count). The molecular formula is C13H16N4O2. The summed E-state index contributed by atoms with van der Waals surface area (Å²) in [6, 6.07) is 5.18. The molecule has 100 valence electrons. The normalized spacial score (nSPS) is 10.2. The molecule has 19 heavy (non-hydrogen) atoms. The largest absolute Gasteiger partial charge is 0.369 e. The highest BCUT2D eigenvalue weighted by atomic mass is 16.5. The lowest BCUT2D eigenvalue weighted by atomic mass is 10.2. The highest BCUT2D eigenvalue weighted by Gasteiger charge is 2.12. The molecule has 0 fully saturated rings. The number of nitrogens with zero attached hydrogens (tertiary/aromatic N) is 2. The monoisotopic (exact) mass is 260 g/mol. The number of amides is 1. The van der Waals surface area contributed by atoms with Crippen LogP contribution in [-0.4, -0.2) is 22.6 Å². The van der Waals surface area contributed by atoms with Gasteiger partial charge in [0.25, 0.3) is 5.91 Å². The minimum absolute atomic E-state index is 0.192. The summed E-state index contributed by atoms with van der Waals surface area (Å²) in [6.07, 6.45) is 4.17. The highest BCUT2D eigenvalue weighted by molar-refractivity contribution is 5.98. The molecule has 1 amide bonds. The number of hydrogen-bond acceptors (Lipinski definition) is 5. The SMILES string of the molecule is CCCNc1ncccc1C(=O)NCc1ccno1. The Hall–Kier alpha value is -2.37. The second-order valence-corrected chi connectivity index (χ2v) is 3.99. The predicted octanol–water partition coefficient (Wildman–Crippen LogP) is 1.82. The average molecular weight is 260 g/mol. The smallest absolute Gasteiger partial charge is 0.255 e. The zero-order valence-corrected chi connectivity index (χ0v) is 10.7. The summed E-state index contributed by atoms with van der Waals surface area (Å²) in [5, 5.41) is 9.47. The van der Waals surface area contributed by atoms with Gasteiger partial charge in [0.05, 0.1) is 18.3 Å². The second kappa shape index (κ2) is 6.53. The van der Waals surface area contributed by atoms with Crippen molar-refractivity contribution < 1.29 is 9.32 Å². The molecule has 0 spiro atoms. The molecule has 0 unspecified atom stereocenters. The van der Waals surface area contributed by atoms with Crippen LogP contribution in [0, 0.1) is 0 Å². The number of rotatable bonds is 6. The summed E-state index contributed by atoms with van der Waals surface area (Å²) in [5.74, 6) is 1.02. The van der Waals surface area contributed by atoms with Crippen LogP contribution < -0.4 is 10.6 Å². The van der Waals surface area contributed by atoms with Gasteiger partial charge in [0, 0.05) is 18.8 Å². The van der Waals surface area contributed by atoms with Crippen molar-refractivity contribution >= 4 is 11.7 Å². The van der Waals surface area contributed by atoms with Crippen LogP contribution in [0.15, 0.2) is 35.1 Å². The van der Waals surface area contributed by atoms with Crippen molar-refractivity contribution in [3.8, 4) is 0 Å². The number of nitrogens with one attached hydrogen (secondary N) is 2. The molecule has 2 heterocycles. The highest BCUT2D eigenvalue weighted by Crippen LogP contribution is 2.11. The molecule has 0 aliphatic carbocycles. The molecule has 2 aromatic rings. The van der Waals surface area contributed by atoms with Gasteiger partial charge in [0.2, 0.25) is 0 Å². The van der Waals surface area contributed by atoms with Gasteiger partial charge in [-0.15, -0.1) is 0 Å². The van der Waals surface area contributed by atoms with E-state index in [9.17, 15) is 4.79 Å². The molecule has 6 heteroatoms. The van der Waals surface area contributed by atoms with Crippen molar-refractivity contribution in [3.63, 3.8) is 0 Å². The molecule has 0 aromatic carbocycles. The van der Waals surface area contributed by atoms with Gasteiger partial charge in [-0.2, -0.15) is 0 Å². The van der Waals surface area contributed by atoms with Crippen molar-refractivity contribution in [2.45, 2.75) is 19.9 Å². The van der Waals surface area contributed by atoms with Crippen LogP contribution in [0.3, 0.4) is 0 Å². The lowest BCUT2D eigenvalue weighted by Crippen LogP contribution is -2.24. The van der Waals surface area contributed by atoms with Gasteiger partial charge in [-0.1, -0.05) is 12.1 Å². The van der Waals surface area contributed by atoms with Gasteiger partial charge >= 0.3 is 0 Å². The molecule has 2 aromatic heterocycles. The predicted molar refractivity (Wildman–Crippen MR) is 70.7 cm³/mol. The van der Waals surface area contributed by atoms with E-state index < -0.39 is 0 Å². The molecule has 2 N–H and O–H groups in total. The first kappa shape index (κ1) is 13.1. The minimum Gasteiger partial charge on any atom is -0.369 e. The van der Waals surface area contributed by atoms with E-state index in [4.69, 9.17) is 4.52 Å². The van der Waals surface area contributed by atoms with Gasteiger partial charge < -0.3 is 15.2 Å². The van der Waals surface area contributed by atoms with E-state index in [-0.39, 0.29) is 5.91 Å². The summed E-state index contributed by atoms with van der Waals surface area (Å²) in [4.78, 5) is 16.2. The van der Waals surface area contributed by atoms with Gasteiger partial charge in [0.15, 0.2) is 5.76 Å². The summed E-state index contributed by atoms with van der Waals surface area (Å²) in [6.45, 7) is 3.14. The zero-order valence-electron chi connectivity index (χ0n) is 10.7. The van der Waals surface area contributed by atoms with Gasteiger partial charge in [-0.3, -0.25) is 4.79 Å². The van der Waals surface area contributed by atoms with Crippen molar-refractivity contribution in [3.05, 3.63) is 41.9 Å². The fourth-order valence-electron chi connectivity index (χ4n) is 1.57. The topological polar surface area (TPSA) is 80.0 Å². The molecule has 0 aliphatic rings. The summed E-state index contributed by atoms with van der Waals surface area (Å²) in [7, 11) is 0. The van der Waals surface area contributed by atoms with Gasteiger partial charge in [-0.05, 0) is 18.6 Å². The van der Waals surface area contributed by atoms with Crippen LogP contribution in [-0.2, 0) is 6.54 Å². The standard InChI is InChI=1S/C13H16N4O2/c1-2-6-14-12-11(4-3-7-15-12)13(18)16-9-10-5-8-17-19-10/h3-5,7-8H,2,6,9H2,1H3,(H,14,15)(H,16,18). The number of pyridine rings is 1. The first-order valence-corrected chi connectivity index (χ1v) is 6.18. The number of anilines is 1. The molecule has 0 saturated heterocycles.